The van der Waals surface area contributed by atoms with Crippen molar-refractivity contribution in [3.05, 3.63) is 47.2 Å². The highest BCUT2D eigenvalue weighted by Gasteiger charge is 2.16. The van der Waals surface area contributed by atoms with E-state index in [2.05, 4.69) is 36.3 Å². The largest absolute Gasteiger partial charge is 0.496 e. The molecule has 0 saturated heterocycles. The predicted octanol–water partition coefficient (Wildman–Crippen LogP) is 5.92. The van der Waals surface area contributed by atoms with Crippen molar-refractivity contribution in [2.75, 3.05) is 26.1 Å². The van der Waals surface area contributed by atoms with E-state index in [0.717, 1.165) is 52.7 Å². The normalized spacial score (nSPS) is 10.6. The second-order valence-electron chi connectivity index (χ2n) is 7.34. The van der Waals surface area contributed by atoms with E-state index in [1.54, 1.807) is 20.4 Å². The van der Waals surface area contributed by atoms with E-state index in [0.29, 0.717) is 29.4 Å². The van der Waals surface area contributed by atoms with Crippen molar-refractivity contribution >= 4 is 22.3 Å². The molecule has 0 saturated carbocycles. The van der Waals surface area contributed by atoms with E-state index in [4.69, 9.17) is 14.2 Å². The van der Waals surface area contributed by atoms with Gasteiger partial charge in [0, 0.05) is 29.4 Å². The van der Waals surface area contributed by atoms with Crippen LogP contribution in [0.5, 0.6) is 17.2 Å². The van der Waals surface area contributed by atoms with Crippen LogP contribution >= 0.6 is 0 Å². The van der Waals surface area contributed by atoms with Gasteiger partial charge in [-0.15, -0.1) is 0 Å². The zero-order valence-corrected chi connectivity index (χ0v) is 18.8. The Morgan fingerprint density at radius 1 is 1.03 bits per heavy atom. The molecule has 0 fully saturated rings. The van der Waals surface area contributed by atoms with Crippen molar-refractivity contribution in [3.8, 4) is 23.3 Å². The average Bonchev–Trinajstić information content (AvgIpc) is 2.79. The summed E-state index contributed by atoms with van der Waals surface area (Å²) < 4.78 is 17.0. The average molecular weight is 420 g/mol. The van der Waals surface area contributed by atoms with Crippen molar-refractivity contribution in [1.82, 2.24) is 4.98 Å². The Morgan fingerprint density at radius 3 is 2.45 bits per heavy atom. The van der Waals surface area contributed by atoms with E-state index < -0.39 is 0 Å². The molecule has 3 aromatic rings. The molecule has 6 nitrogen and oxygen atoms in total. The molecule has 0 aliphatic heterocycles. The molecular formula is C25H29N3O3. The molecule has 0 amide bonds. The molecule has 0 aliphatic carbocycles. The van der Waals surface area contributed by atoms with Crippen molar-refractivity contribution in [3.63, 3.8) is 0 Å². The molecule has 0 bridgehead atoms. The molecule has 162 valence electrons. The Bertz CT molecular complexity index is 1120. The SMILES string of the molecule is CCCCOc1cc2ncc(C#N)c(Nc3cc(OC)c(C)cc3CC)c2cc1OC. The number of anilines is 2. The molecule has 1 heterocycles. The fourth-order valence-electron chi connectivity index (χ4n) is 3.53. The Hall–Kier alpha value is -3.46. The predicted molar refractivity (Wildman–Crippen MR) is 124 cm³/mol. The highest BCUT2D eigenvalue weighted by molar-refractivity contribution is 5.98. The van der Waals surface area contributed by atoms with E-state index >= 15 is 0 Å². The van der Waals surface area contributed by atoms with Crippen LogP contribution < -0.4 is 19.5 Å². The van der Waals surface area contributed by atoms with Gasteiger partial charge < -0.3 is 19.5 Å². The third kappa shape index (κ3) is 4.66. The number of benzene rings is 2. The lowest BCUT2D eigenvalue weighted by atomic mass is 10.0. The van der Waals surface area contributed by atoms with Crippen LogP contribution in [0.3, 0.4) is 0 Å². The zero-order valence-electron chi connectivity index (χ0n) is 18.8. The highest BCUT2D eigenvalue weighted by Crippen LogP contribution is 2.38. The quantitative estimate of drug-likeness (QED) is 0.434. The maximum Gasteiger partial charge on any atom is 0.163 e. The van der Waals surface area contributed by atoms with Gasteiger partial charge >= 0.3 is 0 Å². The first kappa shape index (κ1) is 22.2. The number of methoxy groups -OCH3 is 2. The van der Waals surface area contributed by atoms with Crippen LogP contribution in [0.15, 0.2) is 30.5 Å². The monoisotopic (exact) mass is 419 g/mol. The van der Waals surface area contributed by atoms with Gasteiger partial charge in [0.25, 0.3) is 0 Å². The van der Waals surface area contributed by atoms with Crippen LogP contribution in [0.1, 0.15) is 43.4 Å². The number of ether oxygens (including phenoxy) is 3. The van der Waals surface area contributed by atoms with Crippen LogP contribution in [0.4, 0.5) is 11.4 Å². The molecule has 0 radical (unpaired) electrons. The lowest BCUT2D eigenvalue weighted by molar-refractivity contribution is 0.289. The van der Waals surface area contributed by atoms with Crippen LogP contribution in [-0.2, 0) is 6.42 Å². The van der Waals surface area contributed by atoms with Crippen molar-refractivity contribution in [2.45, 2.75) is 40.0 Å². The lowest BCUT2D eigenvalue weighted by Gasteiger charge is -2.18. The molecule has 31 heavy (non-hydrogen) atoms. The maximum absolute atomic E-state index is 9.74. The van der Waals surface area contributed by atoms with Gasteiger partial charge in [-0.1, -0.05) is 26.3 Å². The molecule has 3 rings (SSSR count). The summed E-state index contributed by atoms with van der Waals surface area (Å²) >= 11 is 0. The number of rotatable bonds is 9. The van der Waals surface area contributed by atoms with E-state index in [-0.39, 0.29) is 0 Å². The zero-order chi connectivity index (χ0) is 22.4. The van der Waals surface area contributed by atoms with Gasteiger partial charge in [-0.3, -0.25) is 4.98 Å². The number of unbranched alkanes of at least 4 members (excludes halogenated alkanes) is 1. The summed E-state index contributed by atoms with van der Waals surface area (Å²) in [4.78, 5) is 4.49. The minimum absolute atomic E-state index is 0.454. The molecule has 1 N–H and O–H groups in total. The summed E-state index contributed by atoms with van der Waals surface area (Å²) in [5.41, 5.74) is 4.98. The highest BCUT2D eigenvalue weighted by atomic mass is 16.5. The van der Waals surface area contributed by atoms with Crippen molar-refractivity contribution in [1.29, 1.82) is 5.26 Å². The number of hydrogen-bond donors (Lipinski definition) is 1. The molecule has 2 aromatic carbocycles. The number of pyridine rings is 1. The standard InChI is InChI=1S/C25H29N3O3/c1-6-8-9-31-24-13-21-19(11-23(24)30-5)25(18(14-26)15-27-21)28-20-12-22(29-4)16(3)10-17(20)7-2/h10-13,15H,6-9H2,1-5H3,(H,27,28). The Kier molecular flexibility index (Phi) is 7.19. The first-order valence-corrected chi connectivity index (χ1v) is 10.5. The minimum Gasteiger partial charge on any atom is -0.496 e. The molecule has 1 aromatic heterocycles. The third-order valence-corrected chi connectivity index (χ3v) is 5.29. The number of nitrogens with one attached hydrogen (secondary N) is 1. The van der Waals surface area contributed by atoms with Gasteiger partial charge in [-0.05, 0) is 37.0 Å². The van der Waals surface area contributed by atoms with E-state index in [1.165, 1.54) is 0 Å². The molecule has 0 spiro atoms. The summed E-state index contributed by atoms with van der Waals surface area (Å²) in [6.45, 7) is 6.86. The third-order valence-electron chi connectivity index (χ3n) is 5.29. The maximum atomic E-state index is 9.74. The first-order valence-electron chi connectivity index (χ1n) is 10.5. The van der Waals surface area contributed by atoms with Gasteiger partial charge in [-0.2, -0.15) is 5.26 Å². The first-order chi connectivity index (χ1) is 15.1. The molecule has 0 unspecified atom stereocenters. The summed E-state index contributed by atoms with van der Waals surface area (Å²) in [5.74, 6) is 2.05. The van der Waals surface area contributed by atoms with Gasteiger partial charge in [0.1, 0.15) is 11.8 Å². The number of aromatic nitrogens is 1. The fourth-order valence-corrected chi connectivity index (χ4v) is 3.53. The number of nitrogens with zero attached hydrogens (tertiary/aromatic N) is 2. The minimum atomic E-state index is 0.454. The molecule has 6 heteroatoms. The van der Waals surface area contributed by atoms with Crippen LogP contribution in [0.25, 0.3) is 10.9 Å². The molecule has 0 atom stereocenters. The van der Waals surface area contributed by atoms with Crippen molar-refractivity contribution < 1.29 is 14.2 Å². The summed E-state index contributed by atoms with van der Waals surface area (Å²) in [6, 6.07) is 10.1. The number of nitriles is 1. The topological polar surface area (TPSA) is 76.4 Å². The number of fused-ring (bicyclic) bond motifs is 1. The summed E-state index contributed by atoms with van der Waals surface area (Å²) in [7, 11) is 3.27. The number of hydrogen-bond acceptors (Lipinski definition) is 6. The van der Waals surface area contributed by atoms with Crippen LogP contribution in [0, 0.1) is 18.3 Å². The Balaban J connectivity index is 2.14. The van der Waals surface area contributed by atoms with Crippen molar-refractivity contribution in [2.24, 2.45) is 0 Å². The Morgan fingerprint density at radius 2 is 1.81 bits per heavy atom. The van der Waals surface area contributed by atoms with E-state index in [1.807, 2.05) is 25.1 Å². The van der Waals surface area contributed by atoms with E-state index in [9.17, 15) is 5.26 Å². The molecular weight excluding hydrogens is 390 g/mol. The van der Waals surface area contributed by atoms with Gasteiger partial charge in [-0.25, -0.2) is 0 Å². The van der Waals surface area contributed by atoms with Crippen LogP contribution in [0.2, 0.25) is 0 Å². The smallest absolute Gasteiger partial charge is 0.163 e. The van der Waals surface area contributed by atoms with Gasteiger partial charge in [0.2, 0.25) is 0 Å². The second-order valence-corrected chi connectivity index (χ2v) is 7.34. The second kappa shape index (κ2) is 10.0. The summed E-state index contributed by atoms with van der Waals surface area (Å²) in [6.07, 6.45) is 4.44. The fraction of sp³-hybridized carbons (Fsp3) is 0.360. The van der Waals surface area contributed by atoms with Gasteiger partial charge in [0.15, 0.2) is 11.5 Å². The number of aryl methyl sites for hydroxylation is 2. The van der Waals surface area contributed by atoms with Gasteiger partial charge in [0.05, 0.1) is 37.6 Å². The lowest BCUT2D eigenvalue weighted by Crippen LogP contribution is -2.03. The van der Waals surface area contributed by atoms with Crippen LogP contribution in [-0.4, -0.2) is 25.8 Å². The Labute approximate surface area is 183 Å². The molecule has 0 aliphatic rings. The summed E-state index contributed by atoms with van der Waals surface area (Å²) in [5, 5.41) is 14.0.